The van der Waals surface area contributed by atoms with Crippen LogP contribution >= 0.6 is 0 Å². The van der Waals surface area contributed by atoms with Crippen LogP contribution in [0.15, 0.2) is 30.5 Å². The largest absolute Gasteiger partial charge is 0.468 e. The third-order valence-electron chi connectivity index (χ3n) is 3.11. The van der Waals surface area contributed by atoms with Crippen LogP contribution < -0.4 is 4.90 Å². The molecule has 0 saturated heterocycles. The number of fused-ring (bicyclic) bond motifs is 1. The number of aromatic nitrogens is 1. The quantitative estimate of drug-likeness (QED) is 0.795. The minimum Gasteiger partial charge on any atom is -0.468 e. The number of nitrogens with zero attached hydrogens (tertiary/aromatic N) is 3. The first kappa shape index (κ1) is 13.8. The first-order valence-corrected chi connectivity index (χ1v) is 6.30. The predicted octanol–water partition coefficient (Wildman–Crippen LogP) is 2.11. The molecule has 0 amide bonds. The summed E-state index contributed by atoms with van der Waals surface area (Å²) < 4.78 is 4.71. The molecule has 0 bridgehead atoms. The second kappa shape index (κ2) is 6.02. The van der Waals surface area contributed by atoms with E-state index in [9.17, 15) is 10.1 Å². The van der Waals surface area contributed by atoms with Gasteiger partial charge in [-0.25, -0.2) is 0 Å². The Kier molecular flexibility index (Phi) is 4.16. The lowest BCUT2D eigenvalue weighted by Crippen LogP contribution is -2.31. The number of ether oxygens (including phenoxy) is 1. The van der Waals surface area contributed by atoms with E-state index in [2.05, 4.69) is 11.1 Å². The van der Waals surface area contributed by atoms with E-state index in [1.807, 2.05) is 36.1 Å². The van der Waals surface area contributed by atoms with Gasteiger partial charge in [0, 0.05) is 18.1 Å². The summed E-state index contributed by atoms with van der Waals surface area (Å²) in [7, 11) is 1.35. The van der Waals surface area contributed by atoms with Crippen LogP contribution in [0.5, 0.6) is 0 Å². The molecule has 0 atom stereocenters. The molecule has 0 aliphatic rings. The Morgan fingerprint density at radius 1 is 1.45 bits per heavy atom. The van der Waals surface area contributed by atoms with Gasteiger partial charge in [0.05, 0.1) is 23.9 Å². The van der Waals surface area contributed by atoms with Crippen LogP contribution in [0.25, 0.3) is 10.9 Å². The predicted molar refractivity (Wildman–Crippen MR) is 76.4 cm³/mol. The molecular formula is C15H15N3O2. The molecule has 2 rings (SSSR count). The van der Waals surface area contributed by atoms with Crippen molar-refractivity contribution in [1.29, 1.82) is 5.26 Å². The summed E-state index contributed by atoms with van der Waals surface area (Å²) in [6.45, 7) is 2.63. The number of anilines is 1. The highest BCUT2D eigenvalue weighted by Gasteiger charge is 2.17. The van der Waals surface area contributed by atoms with Crippen LogP contribution in [0.2, 0.25) is 0 Å². The zero-order chi connectivity index (χ0) is 14.5. The van der Waals surface area contributed by atoms with E-state index < -0.39 is 0 Å². The Labute approximate surface area is 117 Å². The molecule has 0 unspecified atom stereocenters. The van der Waals surface area contributed by atoms with Crippen LogP contribution in [0.4, 0.5) is 5.69 Å². The summed E-state index contributed by atoms with van der Waals surface area (Å²) in [4.78, 5) is 17.6. The summed E-state index contributed by atoms with van der Waals surface area (Å²) in [5.41, 5.74) is 1.98. The smallest absolute Gasteiger partial charge is 0.325 e. The van der Waals surface area contributed by atoms with Crippen molar-refractivity contribution in [3.63, 3.8) is 0 Å². The fraction of sp³-hybridized carbons (Fsp3) is 0.267. The highest BCUT2D eigenvalue weighted by Crippen LogP contribution is 2.28. The zero-order valence-corrected chi connectivity index (χ0v) is 11.5. The average Bonchev–Trinajstić information content (AvgIpc) is 2.51. The van der Waals surface area contributed by atoms with Crippen LogP contribution in [-0.2, 0) is 9.53 Å². The van der Waals surface area contributed by atoms with Crippen LogP contribution in [0, 0.1) is 11.3 Å². The van der Waals surface area contributed by atoms with E-state index in [0.29, 0.717) is 12.1 Å². The average molecular weight is 269 g/mol. The number of nitriles is 1. The van der Waals surface area contributed by atoms with E-state index in [4.69, 9.17) is 4.74 Å². The minimum atomic E-state index is -0.336. The number of carbonyl (C=O) groups excluding carboxylic acids is 1. The van der Waals surface area contributed by atoms with Crippen molar-refractivity contribution in [2.75, 3.05) is 25.1 Å². The van der Waals surface area contributed by atoms with Crippen LogP contribution in [0.1, 0.15) is 12.5 Å². The lowest BCUT2D eigenvalue weighted by Gasteiger charge is -2.24. The number of methoxy groups -OCH3 is 1. The number of carbonyl (C=O) groups is 1. The molecule has 0 radical (unpaired) electrons. The van der Waals surface area contributed by atoms with Gasteiger partial charge in [0.25, 0.3) is 0 Å². The van der Waals surface area contributed by atoms with Gasteiger partial charge in [0.2, 0.25) is 0 Å². The van der Waals surface area contributed by atoms with Crippen molar-refractivity contribution >= 4 is 22.6 Å². The summed E-state index contributed by atoms with van der Waals surface area (Å²) >= 11 is 0. The van der Waals surface area contributed by atoms with Crippen molar-refractivity contribution in [1.82, 2.24) is 4.98 Å². The molecule has 0 aliphatic heterocycles. The van der Waals surface area contributed by atoms with Gasteiger partial charge in [-0.2, -0.15) is 5.26 Å². The van der Waals surface area contributed by atoms with Gasteiger partial charge in [0.1, 0.15) is 12.6 Å². The highest BCUT2D eigenvalue weighted by molar-refractivity contribution is 5.95. The third kappa shape index (κ3) is 2.54. The summed E-state index contributed by atoms with van der Waals surface area (Å²) in [6.07, 6.45) is 1.54. The number of benzene rings is 1. The van der Waals surface area contributed by atoms with Crippen LogP contribution in [0.3, 0.4) is 0 Å². The fourth-order valence-corrected chi connectivity index (χ4v) is 2.12. The van der Waals surface area contributed by atoms with E-state index >= 15 is 0 Å². The van der Waals surface area contributed by atoms with Crippen molar-refractivity contribution in [3.8, 4) is 6.07 Å². The molecule has 5 nitrogen and oxygen atoms in total. The first-order chi connectivity index (χ1) is 9.71. The number of pyridine rings is 1. The van der Waals surface area contributed by atoms with Crippen molar-refractivity contribution in [2.24, 2.45) is 0 Å². The molecule has 0 fully saturated rings. The van der Waals surface area contributed by atoms with Gasteiger partial charge in [-0.05, 0) is 13.0 Å². The minimum absolute atomic E-state index is 0.107. The molecule has 1 aromatic carbocycles. The van der Waals surface area contributed by atoms with Crippen molar-refractivity contribution in [2.45, 2.75) is 6.92 Å². The molecule has 102 valence electrons. The Bertz CT molecular complexity index is 676. The molecule has 20 heavy (non-hydrogen) atoms. The van der Waals surface area contributed by atoms with Gasteiger partial charge >= 0.3 is 5.97 Å². The fourth-order valence-electron chi connectivity index (χ4n) is 2.12. The molecule has 1 aromatic heterocycles. The van der Waals surface area contributed by atoms with Gasteiger partial charge in [-0.3, -0.25) is 9.78 Å². The lowest BCUT2D eigenvalue weighted by atomic mass is 10.1. The number of esters is 1. The maximum atomic E-state index is 11.5. The standard InChI is InChI=1S/C15H15N3O2/c1-3-18(10-14(19)20-2)15-11(8-16)9-17-13-7-5-4-6-12(13)15/h4-7,9H,3,10H2,1-2H3. The van der Waals surface area contributed by atoms with Gasteiger partial charge in [0.15, 0.2) is 0 Å². The summed E-state index contributed by atoms with van der Waals surface area (Å²) in [5, 5.41) is 10.1. The van der Waals surface area contributed by atoms with Crippen LogP contribution in [-0.4, -0.2) is 31.2 Å². The van der Waals surface area contributed by atoms with Gasteiger partial charge in [-0.15, -0.1) is 0 Å². The third-order valence-corrected chi connectivity index (χ3v) is 3.11. The number of rotatable bonds is 4. The molecule has 0 saturated carbocycles. The Balaban J connectivity index is 2.60. The maximum absolute atomic E-state index is 11.5. The van der Waals surface area contributed by atoms with E-state index in [0.717, 1.165) is 16.6 Å². The SMILES string of the molecule is CCN(CC(=O)OC)c1c(C#N)cnc2ccccc12. The Morgan fingerprint density at radius 2 is 2.20 bits per heavy atom. The monoisotopic (exact) mass is 269 g/mol. The molecule has 0 N–H and O–H groups in total. The molecule has 0 spiro atoms. The summed E-state index contributed by atoms with van der Waals surface area (Å²) in [5.74, 6) is -0.336. The highest BCUT2D eigenvalue weighted by atomic mass is 16.5. The first-order valence-electron chi connectivity index (χ1n) is 6.30. The number of hydrogen-bond acceptors (Lipinski definition) is 5. The molecule has 0 aliphatic carbocycles. The summed E-state index contributed by atoms with van der Waals surface area (Å²) in [6, 6.07) is 9.70. The lowest BCUT2D eigenvalue weighted by molar-refractivity contribution is -0.138. The molecule has 1 heterocycles. The van der Waals surface area contributed by atoms with Gasteiger partial charge < -0.3 is 9.64 Å². The normalized spacial score (nSPS) is 10.1. The van der Waals surface area contributed by atoms with E-state index in [1.165, 1.54) is 13.3 Å². The topological polar surface area (TPSA) is 66.2 Å². The second-order valence-corrected chi connectivity index (χ2v) is 4.24. The van der Waals surface area contributed by atoms with Crippen molar-refractivity contribution < 1.29 is 9.53 Å². The molecular weight excluding hydrogens is 254 g/mol. The number of hydrogen-bond donors (Lipinski definition) is 0. The zero-order valence-electron chi connectivity index (χ0n) is 11.5. The number of para-hydroxylation sites is 1. The second-order valence-electron chi connectivity index (χ2n) is 4.24. The number of likely N-dealkylation sites (N-methyl/N-ethyl adjacent to an activating group) is 1. The van der Waals surface area contributed by atoms with E-state index in [-0.39, 0.29) is 12.5 Å². The maximum Gasteiger partial charge on any atom is 0.325 e. The Morgan fingerprint density at radius 3 is 2.85 bits per heavy atom. The van der Waals surface area contributed by atoms with E-state index in [1.54, 1.807) is 0 Å². The van der Waals surface area contributed by atoms with Crippen molar-refractivity contribution in [3.05, 3.63) is 36.0 Å². The molecule has 5 heteroatoms. The Hall–Kier alpha value is -2.61. The van der Waals surface area contributed by atoms with Gasteiger partial charge in [-0.1, -0.05) is 18.2 Å². The molecule has 2 aromatic rings.